The molecule has 5 nitrogen and oxygen atoms in total. The van der Waals surface area contributed by atoms with Crippen LogP contribution in [0, 0.1) is 5.82 Å². The lowest BCUT2D eigenvalue weighted by Crippen LogP contribution is -2.43. The summed E-state index contributed by atoms with van der Waals surface area (Å²) >= 11 is 0. The molecule has 1 heterocycles. The standard InChI is InChI=1S/C21H25FN2O3/c1-14(17-5-7-18(22)8-6-17)23-21(25)15(2)24(3)13-16-4-9-19-20(12-16)27-11-10-26-19/h4-9,12,14-15H,10-11,13H2,1-3H3,(H,23,25)/t14-,15+/m0/s1. The Kier molecular flexibility index (Phi) is 5.96. The summed E-state index contributed by atoms with van der Waals surface area (Å²) in [7, 11) is 1.91. The molecule has 6 heteroatoms. The zero-order valence-electron chi connectivity index (χ0n) is 15.9. The van der Waals surface area contributed by atoms with Crippen molar-refractivity contribution in [2.75, 3.05) is 20.3 Å². The monoisotopic (exact) mass is 372 g/mol. The summed E-state index contributed by atoms with van der Waals surface area (Å²) in [6.07, 6.45) is 0. The number of nitrogens with one attached hydrogen (secondary N) is 1. The second kappa shape index (κ2) is 8.39. The predicted octanol–water partition coefficient (Wildman–Crippen LogP) is 3.29. The first-order valence-corrected chi connectivity index (χ1v) is 9.08. The third-order valence-electron chi connectivity index (χ3n) is 4.81. The summed E-state index contributed by atoms with van der Waals surface area (Å²) in [6.45, 7) is 5.47. The Labute approximate surface area is 159 Å². The quantitative estimate of drug-likeness (QED) is 0.845. The second-order valence-corrected chi connectivity index (χ2v) is 6.85. The molecule has 0 aromatic heterocycles. The van der Waals surface area contributed by atoms with Gasteiger partial charge in [0, 0.05) is 6.54 Å². The van der Waals surface area contributed by atoms with Crippen LogP contribution in [0.4, 0.5) is 4.39 Å². The van der Waals surface area contributed by atoms with E-state index < -0.39 is 0 Å². The van der Waals surface area contributed by atoms with Crippen molar-refractivity contribution in [3.63, 3.8) is 0 Å². The van der Waals surface area contributed by atoms with Crippen molar-refractivity contribution < 1.29 is 18.7 Å². The minimum Gasteiger partial charge on any atom is -0.486 e. The number of carbonyl (C=O) groups is 1. The molecule has 0 radical (unpaired) electrons. The maximum absolute atomic E-state index is 13.0. The lowest BCUT2D eigenvalue weighted by molar-refractivity contribution is -0.126. The zero-order valence-corrected chi connectivity index (χ0v) is 15.9. The first kappa shape index (κ1) is 19.2. The molecule has 27 heavy (non-hydrogen) atoms. The van der Waals surface area contributed by atoms with E-state index in [1.54, 1.807) is 12.1 Å². The maximum atomic E-state index is 13.0. The van der Waals surface area contributed by atoms with E-state index >= 15 is 0 Å². The minimum atomic E-state index is -0.318. The Morgan fingerprint density at radius 1 is 1.11 bits per heavy atom. The lowest BCUT2D eigenvalue weighted by atomic mass is 10.1. The van der Waals surface area contributed by atoms with Crippen molar-refractivity contribution in [3.05, 3.63) is 59.4 Å². The van der Waals surface area contributed by atoms with Crippen LogP contribution in [-0.4, -0.2) is 37.1 Å². The number of hydrogen-bond donors (Lipinski definition) is 1. The molecule has 0 saturated heterocycles. The molecule has 2 aromatic rings. The highest BCUT2D eigenvalue weighted by molar-refractivity contribution is 5.81. The van der Waals surface area contributed by atoms with E-state index in [1.165, 1.54) is 12.1 Å². The lowest BCUT2D eigenvalue weighted by Gasteiger charge is -2.26. The van der Waals surface area contributed by atoms with Crippen LogP contribution in [0.5, 0.6) is 11.5 Å². The Hall–Kier alpha value is -2.60. The van der Waals surface area contributed by atoms with Crippen LogP contribution in [-0.2, 0) is 11.3 Å². The number of rotatable bonds is 6. The van der Waals surface area contributed by atoms with Gasteiger partial charge in [0.05, 0.1) is 12.1 Å². The van der Waals surface area contributed by atoms with Gasteiger partial charge in [0.15, 0.2) is 11.5 Å². The molecule has 0 spiro atoms. The Bertz CT molecular complexity index is 795. The molecular weight excluding hydrogens is 347 g/mol. The van der Waals surface area contributed by atoms with Gasteiger partial charge in [-0.25, -0.2) is 4.39 Å². The molecule has 1 aliphatic heterocycles. The summed E-state index contributed by atoms with van der Waals surface area (Å²) in [6, 6.07) is 11.5. The number of benzene rings is 2. The zero-order chi connectivity index (χ0) is 19.4. The van der Waals surface area contributed by atoms with Gasteiger partial charge < -0.3 is 14.8 Å². The van der Waals surface area contributed by atoms with Crippen molar-refractivity contribution in [2.24, 2.45) is 0 Å². The average molecular weight is 372 g/mol. The number of likely N-dealkylation sites (N-methyl/N-ethyl adjacent to an activating group) is 1. The molecule has 0 bridgehead atoms. The van der Waals surface area contributed by atoms with E-state index in [-0.39, 0.29) is 23.8 Å². The number of halogens is 1. The van der Waals surface area contributed by atoms with Gasteiger partial charge in [-0.3, -0.25) is 9.69 Å². The van der Waals surface area contributed by atoms with Gasteiger partial charge >= 0.3 is 0 Å². The predicted molar refractivity (Wildman–Crippen MR) is 101 cm³/mol. The topological polar surface area (TPSA) is 50.8 Å². The molecule has 0 unspecified atom stereocenters. The highest BCUT2D eigenvalue weighted by Crippen LogP contribution is 2.31. The molecule has 2 atom stereocenters. The van der Waals surface area contributed by atoms with E-state index in [9.17, 15) is 9.18 Å². The van der Waals surface area contributed by atoms with Crippen molar-refractivity contribution in [3.8, 4) is 11.5 Å². The number of hydrogen-bond acceptors (Lipinski definition) is 4. The van der Waals surface area contributed by atoms with E-state index in [4.69, 9.17) is 9.47 Å². The molecule has 1 amide bonds. The van der Waals surface area contributed by atoms with Crippen LogP contribution >= 0.6 is 0 Å². The van der Waals surface area contributed by atoms with Crippen LogP contribution in [0.15, 0.2) is 42.5 Å². The fraction of sp³-hybridized carbons (Fsp3) is 0.381. The molecule has 1 N–H and O–H groups in total. The van der Waals surface area contributed by atoms with Crippen LogP contribution in [0.2, 0.25) is 0 Å². The minimum absolute atomic E-state index is 0.0770. The van der Waals surface area contributed by atoms with E-state index in [2.05, 4.69) is 5.32 Å². The summed E-state index contributed by atoms with van der Waals surface area (Å²) < 4.78 is 24.2. The first-order chi connectivity index (χ1) is 12.9. The maximum Gasteiger partial charge on any atom is 0.237 e. The normalized spacial score (nSPS) is 15.3. The van der Waals surface area contributed by atoms with Crippen LogP contribution in [0.25, 0.3) is 0 Å². The van der Waals surface area contributed by atoms with Gasteiger partial charge in [0.2, 0.25) is 5.91 Å². The Balaban J connectivity index is 1.58. The average Bonchev–Trinajstić information content (AvgIpc) is 2.67. The SMILES string of the molecule is C[C@H](NC(=O)[C@@H](C)N(C)Cc1ccc2c(c1)OCCO2)c1ccc(F)cc1. The van der Waals surface area contributed by atoms with Crippen molar-refractivity contribution in [1.82, 2.24) is 10.2 Å². The fourth-order valence-electron chi connectivity index (χ4n) is 2.98. The molecule has 144 valence electrons. The van der Waals surface area contributed by atoms with Crippen molar-refractivity contribution in [2.45, 2.75) is 32.5 Å². The summed E-state index contributed by atoms with van der Waals surface area (Å²) in [4.78, 5) is 14.6. The second-order valence-electron chi connectivity index (χ2n) is 6.85. The van der Waals surface area contributed by atoms with Gasteiger partial charge in [0.1, 0.15) is 19.0 Å². The fourth-order valence-corrected chi connectivity index (χ4v) is 2.98. The molecule has 1 aliphatic rings. The van der Waals surface area contributed by atoms with Crippen molar-refractivity contribution in [1.29, 1.82) is 0 Å². The smallest absolute Gasteiger partial charge is 0.237 e. The molecule has 3 rings (SSSR count). The van der Waals surface area contributed by atoms with Crippen molar-refractivity contribution >= 4 is 5.91 Å². The summed E-state index contributed by atoms with van der Waals surface area (Å²) in [5.41, 5.74) is 1.92. The largest absolute Gasteiger partial charge is 0.486 e. The highest BCUT2D eigenvalue weighted by Gasteiger charge is 2.21. The van der Waals surface area contributed by atoms with Gasteiger partial charge in [-0.1, -0.05) is 18.2 Å². The Morgan fingerprint density at radius 2 is 1.78 bits per heavy atom. The van der Waals surface area contributed by atoms with E-state index in [1.807, 2.05) is 44.0 Å². The molecule has 0 saturated carbocycles. The number of amides is 1. The van der Waals surface area contributed by atoms with E-state index in [0.29, 0.717) is 19.8 Å². The van der Waals surface area contributed by atoms with Crippen LogP contribution in [0.1, 0.15) is 31.0 Å². The van der Waals surface area contributed by atoms with Crippen LogP contribution < -0.4 is 14.8 Å². The molecule has 2 aromatic carbocycles. The number of carbonyl (C=O) groups excluding carboxylic acids is 1. The van der Waals surface area contributed by atoms with Crippen LogP contribution in [0.3, 0.4) is 0 Å². The number of ether oxygens (including phenoxy) is 2. The summed E-state index contributed by atoms with van der Waals surface area (Å²) in [5.74, 6) is 1.14. The third-order valence-corrected chi connectivity index (χ3v) is 4.81. The van der Waals surface area contributed by atoms with Gasteiger partial charge in [-0.05, 0) is 56.3 Å². The molecule has 0 fully saturated rings. The highest BCUT2D eigenvalue weighted by atomic mass is 19.1. The molecule has 0 aliphatic carbocycles. The van der Waals surface area contributed by atoms with Gasteiger partial charge in [-0.2, -0.15) is 0 Å². The summed E-state index contributed by atoms with van der Waals surface area (Å²) in [5, 5.41) is 2.98. The number of nitrogens with zero attached hydrogens (tertiary/aromatic N) is 1. The van der Waals surface area contributed by atoms with E-state index in [0.717, 1.165) is 22.6 Å². The Morgan fingerprint density at radius 3 is 2.48 bits per heavy atom. The third kappa shape index (κ3) is 4.77. The first-order valence-electron chi connectivity index (χ1n) is 9.08. The van der Waals surface area contributed by atoms with Gasteiger partial charge in [-0.15, -0.1) is 0 Å². The number of fused-ring (bicyclic) bond motifs is 1. The van der Waals surface area contributed by atoms with Gasteiger partial charge in [0.25, 0.3) is 0 Å². The molecular formula is C21H25FN2O3.